The molecule has 5 heteroatoms. The standard InChI is InChI=1S/C16H9ClO4/c17-10-3-1-8(2-4-10)15(19)13-6-9-5-12(16(20)21)11(9)7-14(13)18/h1-7,18H,(H,20,21). The molecule has 1 aliphatic rings. The summed E-state index contributed by atoms with van der Waals surface area (Å²) in [6.07, 6.45) is 1.47. The van der Waals surface area contributed by atoms with Crippen LogP contribution < -0.4 is 0 Å². The van der Waals surface area contributed by atoms with E-state index in [0.717, 1.165) is 0 Å². The number of aliphatic carboxylic acids is 1. The molecule has 0 saturated heterocycles. The van der Waals surface area contributed by atoms with E-state index in [-0.39, 0.29) is 22.7 Å². The summed E-state index contributed by atoms with van der Waals surface area (Å²) in [5.41, 5.74) is 1.73. The van der Waals surface area contributed by atoms with Crippen LogP contribution in [0.15, 0.2) is 36.4 Å². The van der Waals surface area contributed by atoms with Crippen molar-refractivity contribution < 1.29 is 19.8 Å². The van der Waals surface area contributed by atoms with Gasteiger partial charge in [-0.25, -0.2) is 4.79 Å². The molecule has 4 nitrogen and oxygen atoms in total. The molecule has 2 aromatic rings. The first-order chi connectivity index (χ1) is 9.97. The van der Waals surface area contributed by atoms with Crippen molar-refractivity contribution in [3.05, 3.63) is 63.7 Å². The van der Waals surface area contributed by atoms with E-state index >= 15 is 0 Å². The van der Waals surface area contributed by atoms with E-state index in [4.69, 9.17) is 16.7 Å². The van der Waals surface area contributed by atoms with Crippen LogP contribution in [-0.2, 0) is 4.79 Å². The number of hydrogen-bond donors (Lipinski definition) is 2. The average Bonchev–Trinajstić information content (AvgIpc) is 2.42. The van der Waals surface area contributed by atoms with Gasteiger partial charge in [-0.15, -0.1) is 0 Å². The van der Waals surface area contributed by atoms with E-state index in [9.17, 15) is 14.7 Å². The number of fused-ring (bicyclic) bond motifs is 1. The minimum Gasteiger partial charge on any atom is -0.507 e. The molecule has 0 spiro atoms. The van der Waals surface area contributed by atoms with Crippen LogP contribution in [-0.4, -0.2) is 22.0 Å². The van der Waals surface area contributed by atoms with Gasteiger partial charge < -0.3 is 10.2 Å². The summed E-state index contributed by atoms with van der Waals surface area (Å²) >= 11 is 5.77. The van der Waals surface area contributed by atoms with Gasteiger partial charge in [0.15, 0.2) is 5.78 Å². The van der Waals surface area contributed by atoms with Gasteiger partial charge in [0.05, 0.1) is 11.1 Å². The molecule has 1 aliphatic carbocycles. The molecule has 0 aromatic heterocycles. The van der Waals surface area contributed by atoms with Crippen molar-refractivity contribution in [2.24, 2.45) is 0 Å². The predicted octanol–water partition coefficient (Wildman–Crippen LogP) is 3.22. The van der Waals surface area contributed by atoms with Gasteiger partial charge >= 0.3 is 5.97 Å². The number of carboxylic acids is 1. The normalized spacial score (nSPS) is 12.1. The lowest BCUT2D eigenvalue weighted by molar-refractivity contribution is -0.130. The number of phenolic OH excluding ortho intramolecular Hbond substituents is 1. The van der Waals surface area contributed by atoms with E-state index in [0.29, 0.717) is 21.7 Å². The lowest BCUT2D eigenvalue weighted by Gasteiger charge is -2.18. The number of halogens is 1. The van der Waals surface area contributed by atoms with Gasteiger partial charge in [0, 0.05) is 10.6 Å². The second-order valence-electron chi connectivity index (χ2n) is 4.66. The lowest BCUT2D eigenvalue weighted by atomic mass is 9.85. The Labute approximate surface area is 124 Å². The SMILES string of the molecule is O=C(O)C1=Cc2cc(C(=O)c3ccc(Cl)cc3)c(O)cc21. The summed E-state index contributed by atoms with van der Waals surface area (Å²) in [6, 6.07) is 9.13. The number of benzene rings is 2. The zero-order chi connectivity index (χ0) is 15.1. The molecule has 104 valence electrons. The molecular formula is C16H9ClO4. The summed E-state index contributed by atoms with van der Waals surface area (Å²) in [7, 11) is 0. The maximum absolute atomic E-state index is 12.3. The minimum absolute atomic E-state index is 0.130. The summed E-state index contributed by atoms with van der Waals surface area (Å²) in [6.45, 7) is 0. The molecule has 0 amide bonds. The summed E-state index contributed by atoms with van der Waals surface area (Å²) in [5.74, 6) is -1.64. The van der Waals surface area contributed by atoms with E-state index < -0.39 is 5.97 Å². The van der Waals surface area contributed by atoms with Crippen LogP contribution in [0.5, 0.6) is 5.75 Å². The number of hydrogen-bond acceptors (Lipinski definition) is 3. The van der Waals surface area contributed by atoms with Gasteiger partial charge in [0.25, 0.3) is 0 Å². The molecule has 0 saturated carbocycles. The Morgan fingerprint density at radius 3 is 2.33 bits per heavy atom. The second-order valence-corrected chi connectivity index (χ2v) is 5.09. The van der Waals surface area contributed by atoms with Gasteiger partial charge in [-0.1, -0.05) is 11.6 Å². The summed E-state index contributed by atoms with van der Waals surface area (Å²) in [4.78, 5) is 23.2. The largest absolute Gasteiger partial charge is 0.507 e. The first kappa shape index (κ1) is 13.4. The number of rotatable bonds is 3. The van der Waals surface area contributed by atoms with Crippen molar-refractivity contribution in [1.29, 1.82) is 0 Å². The molecule has 0 fully saturated rings. The Morgan fingerprint density at radius 2 is 1.71 bits per heavy atom. The predicted molar refractivity (Wildman–Crippen MR) is 78.5 cm³/mol. The number of carbonyl (C=O) groups excluding carboxylic acids is 1. The van der Waals surface area contributed by atoms with Gasteiger partial charge in [0.2, 0.25) is 0 Å². The van der Waals surface area contributed by atoms with Gasteiger partial charge in [-0.05, 0) is 53.6 Å². The van der Waals surface area contributed by atoms with E-state index in [1.807, 2.05) is 0 Å². The molecule has 0 heterocycles. The van der Waals surface area contributed by atoms with Crippen molar-refractivity contribution in [2.45, 2.75) is 0 Å². The fraction of sp³-hybridized carbons (Fsp3) is 0. The Bertz CT molecular complexity index is 804. The highest BCUT2D eigenvalue weighted by Crippen LogP contribution is 2.37. The van der Waals surface area contributed by atoms with Crippen LogP contribution in [0.25, 0.3) is 11.6 Å². The number of carboxylic acid groups (broad SMARTS) is 1. The molecule has 21 heavy (non-hydrogen) atoms. The summed E-state index contributed by atoms with van der Waals surface area (Å²) in [5, 5.41) is 19.4. The third-order valence-corrected chi connectivity index (χ3v) is 3.59. The molecule has 0 radical (unpaired) electrons. The topological polar surface area (TPSA) is 74.6 Å². The third-order valence-electron chi connectivity index (χ3n) is 3.34. The third kappa shape index (κ3) is 2.19. The molecule has 0 atom stereocenters. The van der Waals surface area contributed by atoms with Crippen molar-refractivity contribution in [3.8, 4) is 5.75 Å². The molecule has 2 N–H and O–H groups in total. The minimum atomic E-state index is -1.06. The van der Waals surface area contributed by atoms with E-state index in [1.165, 1.54) is 18.2 Å². The number of ketones is 1. The van der Waals surface area contributed by atoms with Crippen LogP contribution in [0.3, 0.4) is 0 Å². The second kappa shape index (κ2) is 4.75. The zero-order valence-electron chi connectivity index (χ0n) is 10.6. The van der Waals surface area contributed by atoms with Crippen LogP contribution in [0.1, 0.15) is 27.0 Å². The highest BCUT2D eigenvalue weighted by atomic mass is 35.5. The molecule has 0 bridgehead atoms. The Kier molecular flexibility index (Phi) is 3.03. The van der Waals surface area contributed by atoms with Gasteiger partial charge in [-0.2, -0.15) is 0 Å². The maximum Gasteiger partial charge on any atom is 0.336 e. The first-order valence-corrected chi connectivity index (χ1v) is 6.48. The zero-order valence-corrected chi connectivity index (χ0v) is 11.4. The Balaban J connectivity index is 2.00. The van der Waals surface area contributed by atoms with E-state index in [2.05, 4.69) is 0 Å². The van der Waals surface area contributed by atoms with Crippen LogP contribution in [0.4, 0.5) is 0 Å². The monoisotopic (exact) mass is 300 g/mol. The smallest absolute Gasteiger partial charge is 0.336 e. The van der Waals surface area contributed by atoms with Gasteiger partial charge in [0.1, 0.15) is 5.75 Å². The fourth-order valence-electron chi connectivity index (χ4n) is 2.23. The highest BCUT2D eigenvalue weighted by Gasteiger charge is 2.26. The van der Waals surface area contributed by atoms with Crippen molar-refractivity contribution in [1.82, 2.24) is 0 Å². The number of carbonyl (C=O) groups is 2. The quantitative estimate of drug-likeness (QED) is 0.854. The lowest BCUT2D eigenvalue weighted by Crippen LogP contribution is -2.11. The first-order valence-electron chi connectivity index (χ1n) is 6.10. The molecule has 0 unspecified atom stereocenters. The van der Waals surface area contributed by atoms with Crippen LogP contribution in [0, 0.1) is 0 Å². The fourth-order valence-corrected chi connectivity index (χ4v) is 2.35. The van der Waals surface area contributed by atoms with E-state index in [1.54, 1.807) is 24.3 Å². The number of aromatic hydroxyl groups is 1. The van der Waals surface area contributed by atoms with Crippen molar-refractivity contribution >= 4 is 35.0 Å². The Morgan fingerprint density at radius 1 is 1.05 bits per heavy atom. The van der Waals surface area contributed by atoms with Crippen molar-refractivity contribution in [2.75, 3.05) is 0 Å². The Hall–Kier alpha value is -2.59. The molecule has 3 rings (SSSR count). The maximum atomic E-state index is 12.3. The molecule has 2 aromatic carbocycles. The molecular weight excluding hydrogens is 292 g/mol. The van der Waals surface area contributed by atoms with Crippen molar-refractivity contribution in [3.63, 3.8) is 0 Å². The van der Waals surface area contributed by atoms with Crippen LogP contribution >= 0.6 is 11.6 Å². The molecule has 0 aliphatic heterocycles. The average molecular weight is 301 g/mol. The summed E-state index contributed by atoms with van der Waals surface area (Å²) < 4.78 is 0. The van der Waals surface area contributed by atoms with Crippen LogP contribution in [0.2, 0.25) is 5.02 Å². The number of phenols is 1. The van der Waals surface area contributed by atoms with Gasteiger partial charge in [-0.3, -0.25) is 4.79 Å². The highest BCUT2D eigenvalue weighted by molar-refractivity contribution is 6.30.